The average Bonchev–Trinajstić information content (AvgIpc) is 2.67. The smallest absolute Gasteiger partial charge is 0.318 e. The Labute approximate surface area is 137 Å². The van der Waals surface area contributed by atoms with E-state index in [4.69, 9.17) is 9.47 Å². The normalized spacial score (nSPS) is 20.7. The molecule has 1 heterocycles. The highest BCUT2D eigenvalue weighted by molar-refractivity contribution is 6.07. The summed E-state index contributed by atoms with van der Waals surface area (Å²) >= 11 is 0. The van der Waals surface area contributed by atoms with Gasteiger partial charge in [-0.3, -0.25) is 9.59 Å². The van der Waals surface area contributed by atoms with Gasteiger partial charge in [-0.05, 0) is 37.8 Å². The van der Waals surface area contributed by atoms with Crippen LogP contribution in [-0.2, 0) is 20.7 Å². The molecule has 0 unspecified atom stereocenters. The Morgan fingerprint density at radius 2 is 2.04 bits per heavy atom. The zero-order valence-electron chi connectivity index (χ0n) is 14.3. The van der Waals surface area contributed by atoms with E-state index in [2.05, 4.69) is 0 Å². The van der Waals surface area contributed by atoms with Gasteiger partial charge in [-0.15, -0.1) is 0 Å². The Kier molecular flexibility index (Phi) is 5.64. The number of esters is 1. The van der Waals surface area contributed by atoms with Gasteiger partial charge in [-0.1, -0.05) is 19.4 Å². The molecule has 0 aliphatic carbocycles. The largest absolute Gasteiger partial charge is 0.497 e. The number of nitrogens with zero attached hydrogens (tertiary/aromatic N) is 1. The predicted molar refractivity (Wildman–Crippen MR) is 88.6 cm³/mol. The van der Waals surface area contributed by atoms with Gasteiger partial charge in [0.15, 0.2) is 0 Å². The van der Waals surface area contributed by atoms with E-state index >= 15 is 0 Å². The van der Waals surface area contributed by atoms with E-state index in [9.17, 15) is 9.59 Å². The van der Waals surface area contributed by atoms with Gasteiger partial charge >= 0.3 is 5.97 Å². The van der Waals surface area contributed by atoms with Gasteiger partial charge in [-0.2, -0.15) is 0 Å². The van der Waals surface area contributed by atoms with Gasteiger partial charge in [-0.25, -0.2) is 0 Å². The van der Waals surface area contributed by atoms with Crippen LogP contribution in [0.1, 0.15) is 32.8 Å². The quantitative estimate of drug-likeness (QED) is 0.618. The number of ether oxygens (including phenoxy) is 2. The highest BCUT2D eigenvalue weighted by atomic mass is 16.5. The van der Waals surface area contributed by atoms with Gasteiger partial charge in [0.05, 0.1) is 19.4 Å². The van der Waals surface area contributed by atoms with Crippen LogP contribution in [0.4, 0.5) is 5.69 Å². The van der Waals surface area contributed by atoms with Crippen LogP contribution >= 0.6 is 0 Å². The monoisotopic (exact) mass is 319 g/mol. The Hall–Kier alpha value is -2.04. The zero-order valence-corrected chi connectivity index (χ0v) is 14.3. The maximum absolute atomic E-state index is 13.0. The molecular formula is C18H25NO4. The molecule has 0 bridgehead atoms. The zero-order chi connectivity index (χ0) is 17.0. The predicted octanol–water partition coefficient (Wildman–Crippen LogP) is 2.81. The first-order valence-electron chi connectivity index (χ1n) is 8.22. The van der Waals surface area contributed by atoms with Crippen molar-refractivity contribution in [3.63, 3.8) is 0 Å². The van der Waals surface area contributed by atoms with Crippen LogP contribution in [0.3, 0.4) is 0 Å². The van der Waals surface area contributed by atoms with E-state index in [1.807, 2.05) is 32.0 Å². The summed E-state index contributed by atoms with van der Waals surface area (Å²) in [6, 6.07) is 5.76. The second-order valence-corrected chi connectivity index (χ2v) is 5.68. The summed E-state index contributed by atoms with van der Waals surface area (Å²) < 4.78 is 10.5. The molecule has 0 saturated heterocycles. The molecule has 2 rings (SSSR count). The lowest BCUT2D eigenvalue weighted by atomic mass is 9.85. The highest BCUT2D eigenvalue weighted by Crippen LogP contribution is 2.36. The molecule has 1 amide bonds. The third kappa shape index (κ3) is 3.33. The molecule has 0 fully saturated rings. The number of rotatable bonds is 5. The van der Waals surface area contributed by atoms with Gasteiger partial charge in [0.2, 0.25) is 5.91 Å². The minimum absolute atomic E-state index is 0.0507. The molecule has 1 aliphatic rings. The van der Waals surface area contributed by atoms with Crippen molar-refractivity contribution in [3.8, 4) is 5.75 Å². The van der Waals surface area contributed by atoms with Gasteiger partial charge in [0.1, 0.15) is 11.7 Å². The van der Waals surface area contributed by atoms with Crippen molar-refractivity contribution in [1.29, 1.82) is 0 Å². The molecule has 1 aromatic rings. The molecule has 5 nitrogen and oxygen atoms in total. The summed E-state index contributed by atoms with van der Waals surface area (Å²) in [5.41, 5.74) is 1.90. The first-order valence-corrected chi connectivity index (χ1v) is 8.22. The van der Waals surface area contributed by atoms with Crippen molar-refractivity contribution >= 4 is 17.6 Å². The van der Waals surface area contributed by atoms with Crippen molar-refractivity contribution in [3.05, 3.63) is 23.8 Å². The fraction of sp³-hybridized carbons (Fsp3) is 0.556. The summed E-state index contributed by atoms with van der Waals surface area (Å²) in [7, 11) is 1.60. The molecule has 0 N–H and O–H groups in total. The third-order valence-corrected chi connectivity index (χ3v) is 4.45. The molecule has 0 aromatic heterocycles. The number of methoxy groups -OCH3 is 1. The number of benzene rings is 1. The fourth-order valence-electron chi connectivity index (χ4n) is 3.21. The first kappa shape index (κ1) is 17.3. The Balaban J connectivity index is 2.50. The lowest BCUT2D eigenvalue weighted by Gasteiger charge is -2.25. The first-order chi connectivity index (χ1) is 11.1. The Morgan fingerprint density at radius 1 is 1.30 bits per heavy atom. The Morgan fingerprint density at radius 3 is 2.61 bits per heavy atom. The van der Waals surface area contributed by atoms with Crippen LogP contribution in [0.25, 0.3) is 0 Å². The van der Waals surface area contributed by atoms with Crippen molar-refractivity contribution in [2.24, 2.45) is 11.8 Å². The van der Waals surface area contributed by atoms with Crippen LogP contribution in [-0.4, -0.2) is 32.1 Å². The molecule has 1 aromatic carbocycles. The van der Waals surface area contributed by atoms with Crippen LogP contribution in [0.5, 0.6) is 5.75 Å². The molecule has 0 saturated carbocycles. The van der Waals surface area contributed by atoms with Crippen LogP contribution < -0.4 is 9.64 Å². The molecule has 0 spiro atoms. The molecule has 0 radical (unpaired) electrons. The van der Waals surface area contributed by atoms with E-state index in [-0.39, 0.29) is 18.4 Å². The maximum atomic E-state index is 13.0. The number of hydrogen-bond acceptors (Lipinski definition) is 4. The second kappa shape index (κ2) is 7.49. The van der Waals surface area contributed by atoms with Gasteiger partial charge in [0, 0.05) is 12.6 Å². The number of carbonyl (C=O) groups excluding carboxylic acids is 2. The maximum Gasteiger partial charge on any atom is 0.318 e. The summed E-state index contributed by atoms with van der Waals surface area (Å²) in [5, 5.41) is 0. The van der Waals surface area contributed by atoms with Crippen molar-refractivity contribution in [1.82, 2.24) is 0 Å². The summed E-state index contributed by atoms with van der Waals surface area (Å²) in [6.07, 6.45) is 1.43. The average molecular weight is 319 g/mol. The molecule has 126 valence electrons. The minimum atomic E-state index is -0.738. The number of hydrogen-bond donors (Lipinski definition) is 0. The fourth-order valence-corrected chi connectivity index (χ4v) is 3.21. The van der Waals surface area contributed by atoms with Crippen molar-refractivity contribution in [2.45, 2.75) is 33.6 Å². The standard InChI is InChI=1S/C18H25NO4/c1-5-12-10-13-8-9-14(22-4)11-15(13)19(6-2)17(20)16(12)18(21)23-7-3/h8-9,11-12,16H,5-7,10H2,1-4H3/t12-,16+/m0/s1. The molecule has 5 heteroatoms. The topological polar surface area (TPSA) is 55.8 Å². The van der Waals surface area contributed by atoms with Crippen LogP contribution in [0.2, 0.25) is 0 Å². The SMILES string of the molecule is CCOC(=O)[C@H]1C(=O)N(CC)c2cc(OC)ccc2C[C@@H]1CC. The molecule has 2 atom stereocenters. The molecule has 23 heavy (non-hydrogen) atoms. The van der Waals surface area contributed by atoms with E-state index in [0.29, 0.717) is 18.7 Å². The number of anilines is 1. The van der Waals surface area contributed by atoms with Crippen molar-refractivity contribution in [2.75, 3.05) is 25.2 Å². The lowest BCUT2D eigenvalue weighted by molar-refractivity contribution is -0.153. The highest BCUT2D eigenvalue weighted by Gasteiger charge is 2.41. The van der Waals surface area contributed by atoms with Crippen LogP contribution in [0, 0.1) is 11.8 Å². The summed E-state index contributed by atoms with van der Waals surface area (Å²) in [5.74, 6) is -0.673. The molecular weight excluding hydrogens is 294 g/mol. The number of fused-ring (bicyclic) bond motifs is 1. The van der Waals surface area contributed by atoms with Crippen molar-refractivity contribution < 1.29 is 19.1 Å². The van der Waals surface area contributed by atoms with E-state index in [1.165, 1.54) is 0 Å². The van der Waals surface area contributed by atoms with Crippen LogP contribution in [0.15, 0.2) is 18.2 Å². The van der Waals surface area contributed by atoms with Gasteiger partial charge < -0.3 is 14.4 Å². The lowest BCUT2D eigenvalue weighted by Crippen LogP contribution is -2.42. The van der Waals surface area contributed by atoms with E-state index in [0.717, 1.165) is 17.7 Å². The number of carbonyl (C=O) groups is 2. The third-order valence-electron chi connectivity index (χ3n) is 4.45. The van der Waals surface area contributed by atoms with Gasteiger partial charge in [0.25, 0.3) is 0 Å². The van der Waals surface area contributed by atoms with E-state index < -0.39 is 11.9 Å². The summed E-state index contributed by atoms with van der Waals surface area (Å²) in [6.45, 7) is 6.47. The number of amides is 1. The van der Waals surface area contributed by atoms with E-state index in [1.54, 1.807) is 18.9 Å². The molecule has 1 aliphatic heterocycles. The second-order valence-electron chi connectivity index (χ2n) is 5.68. The Bertz CT molecular complexity index is 584. The summed E-state index contributed by atoms with van der Waals surface area (Å²) in [4.78, 5) is 27.1. The minimum Gasteiger partial charge on any atom is -0.497 e.